The minimum atomic E-state index is -0.959. The summed E-state index contributed by atoms with van der Waals surface area (Å²) in [6.07, 6.45) is 3.93. The number of carbonyl (C=O) groups excluding carboxylic acids is 1. The van der Waals surface area contributed by atoms with Gasteiger partial charge in [-0.05, 0) is 30.5 Å². The Morgan fingerprint density at radius 3 is 2.47 bits per heavy atom. The van der Waals surface area contributed by atoms with Gasteiger partial charge in [0.05, 0.1) is 12.0 Å². The molecule has 0 spiro atoms. The molecule has 0 bridgehead atoms. The predicted molar refractivity (Wildman–Crippen MR) is 74.2 cm³/mol. The molecule has 0 heterocycles. The standard InChI is InChI=1S/C15H19NO3/c1-3-4-5-10-16(2)14(17)11-12-6-8-13(9-7-12)15(18)19/h3,6-9H,1,4-5,10-11H2,2H3,(H,18,19). The zero-order valence-corrected chi connectivity index (χ0v) is 11.1. The molecule has 0 unspecified atom stereocenters. The van der Waals surface area contributed by atoms with Crippen LogP contribution in [-0.4, -0.2) is 35.5 Å². The van der Waals surface area contributed by atoms with Crippen molar-refractivity contribution in [3.05, 3.63) is 48.0 Å². The number of nitrogens with zero attached hydrogens (tertiary/aromatic N) is 1. The van der Waals surface area contributed by atoms with Crippen molar-refractivity contribution in [1.82, 2.24) is 4.90 Å². The lowest BCUT2D eigenvalue weighted by Gasteiger charge is -2.16. The van der Waals surface area contributed by atoms with Gasteiger partial charge in [0.15, 0.2) is 0 Å². The zero-order chi connectivity index (χ0) is 14.3. The van der Waals surface area contributed by atoms with Crippen LogP contribution in [0, 0.1) is 0 Å². The van der Waals surface area contributed by atoms with Gasteiger partial charge < -0.3 is 10.0 Å². The van der Waals surface area contributed by atoms with Gasteiger partial charge in [0, 0.05) is 13.6 Å². The molecule has 1 aromatic carbocycles. The molecule has 19 heavy (non-hydrogen) atoms. The molecule has 0 aliphatic heterocycles. The summed E-state index contributed by atoms with van der Waals surface area (Å²) in [4.78, 5) is 24.3. The van der Waals surface area contributed by atoms with Gasteiger partial charge in [-0.25, -0.2) is 4.79 Å². The van der Waals surface area contributed by atoms with Gasteiger partial charge in [0.25, 0.3) is 0 Å². The first-order chi connectivity index (χ1) is 9.04. The number of likely N-dealkylation sites (N-methyl/N-ethyl adjacent to an activating group) is 1. The van der Waals surface area contributed by atoms with Crippen molar-refractivity contribution in [3.63, 3.8) is 0 Å². The molecule has 4 heteroatoms. The second-order valence-electron chi connectivity index (χ2n) is 4.43. The summed E-state index contributed by atoms with van der Waals surface area (Å²) in [5, 5.41) is 8.78. The van der Waals surface area contributed by atoms with Crippen LogP contribution in [0.4, 0.5) is 0 Å². The van der Waals surface area contributed by atoms with Crippen LogP contribution in [0.5, 0.6) is 0 Å². The number of benzene rings is 1. The summed E-state index contributed by atoms with van der Waals surface area (Å²) >= 11 is 0. The molecule has 1 rings (SSSR count). The average Bonchev–Trinajstić information content (AvgIpc) is 2.39. The van der Waals surface area contributed by atoms with E-state index >= 15 is 0 Å². The Morgan fingerprint density at radius 2 is 1.95 bits per heavy atom. The number of amides is 1. The van der Waals surface area contributed by atoms with E-state index in [0.29, 0.717) is 13.0 Å². The third-order valence-corrected chi connectivity index (χ3v) is 2.88. The Morgan fingerprint density at radius 1 is 1.32 bits per heavy atom. The topological polar surface area (TPSA) is 57.6 Å². The smallest absolute Gasteiger partial charge is 0.335 e. The molecule has 0 saturated carbocycles. The van der Waals surface area contributed by atoms with E-state index in [-0.39, 0.29) is 11.5 Å². The molecular formula is C15H19NO3. The highest BCUT2D eigenvalue weighted by molar-refractivity contribution is 5.87. The van der Waals surface area contributed by atoms with Crippen LogP contribution in [0.25, 0.3) is 0 Å². The Balaban J connectivity index is 2.51. The molecular weight excluding hydrogens is 242 g/mol. The summed E-state index contributed by atoms with van der Waals surface area (Å²) < 4.78 is 0. The summed E-state index contributed by atoms with van der Waals surface area (Å²) in [5.41, 5.74) is 1.06. The molecule has 0 aromatic heterocycles. The minimum absolute atomic E-state index is 0.0344. The van der Waals surface area contributed by atoms with E-state index in [9.17, 15) is 9.59 Å². The number of rotatable bonds is 7. The van der Waals surface area contributed by atoms with Crippen molar-refractivity contribution in [2.24, 2.45) is 0 Å². The molecule has 0 aliphatic rings. The van der Waals surface area contributed by atoms with Gasteiger partial charge in [0.2, 0.25) is 5.91 Å². The highest BCUT2D eigenvalue weighted by Gasteiger charge is 2.09. The molecule has 0 atom stereocenters. The first-order valence-electron chi connectivity index (χ1n) is 6.21. The molecule has 1 amide bonds. The molecule has 0 aliphatic carbocycles. The summed E-state index contributed by atoms with van der Waals surface area (Å²) in [6.45, 7) is 4.35. The van der Waals surface area contributed by atoms with E-state index in [4.69, 9.17) is 5.11 Å². The van der Waals surface area contributed by atoms with Crippen molar-refractivity contribution in [2.45, 2.75) is 19.3 Å². The molecule has 1 aromatic rings. The second-order valence-corrected chi connectivity index (χ2v) is 4.43. The van der Waals surface area contributed by atoms with Crippen molar-refractivity contribution in [2.75, 3.05) is 13.6 Å². The SMILES string of the molecule is C=CCCCN(C)C(=O)Cc1ccc(C(=O)O)cc1. The Kier molecular flexibility index (Phi) is 5.79. The van der Waals surface area contributed by atoms with E-state index in [0.717, 1.165) is 18.4 Å². The largest absolute Gasteiger partial charge is 0.478 e. The van der Waals surface area contributed by atoms with Gasteiger partial charge >= 0.3 is 5.97 Å². The monoisotopic (exact) mass is 261 g/mol. The number of allylic oxidation sites excluding steroid dienone is 1. The number of hydrogen-bond donors (Lipinski definition) is 1. The molecule has 0 saturated heterocycles. The van der Waals surface area contributed by atoms with Crippen LogP contribution in [0.15, 0.2) is 36.9 Å². The lowest BCUT2D eigenvalue weighted by atomic mass is 10.1. The first-order valence-corrected chi connectivity index (χ1v) is 6.21. The molecule has 102 valence electrons. The number of unbranched alkanes of at least 4 members (excludes halogenated alkanes) is 1. The zero-order valence-electron chi connectivity index (χ0n) is 11.1. The third kappa shape index (κ3) is 4.95. The number of carbonyl (C=O) groups is 2. The van der Waals surface area contributed by atoms with Crippen LogP contribution in [0.1, 0.15) is 28.8 Å². The fraction of sp³-hybridized carbons (Fsp3) is 0.333. The summed E-state index contributed by atoms with van der Waals surface area (Å²) in [7, 11) is 1.77. The van der Waals surface area contributed by atoms with Crippen molar-refractivity contribution >= 4 is 11.9 Å². The summed E-state index contributed by atoms with van der Waals surface area (Å²) in [5.74, 6) is -0.924. The highest BCUT2D eigenvalue weighted by Crippen LogP contribution is 2.07. The second kappa shape index (κ2) is 7.36. The lowest BCUT2D eigenvalue weighted by molar-refractivity contribution is -0.129. The maximum absolute atomic E-state index is 11.9. The molecule has 1 N–H and O–H groups in total. The van der Waals surface area contributed by atoms with E-state index in [1.165, 1.54) is 12.1 Å². The van der Waals surface area contributed by atoms with Gasteiger partial charge in [-0.3, -0.25) is 4.79 Å². The summed E-state index contributed by atoms with van der Waals surface area (Å²) in [6, 6.07) is 6.39. The fourth-order valence-corrected chi connectivity index (χ4v) is 1.67. The number of hydrogen-bond acceptors (Lipinski definition) is 2. The van der Waals surface area contributed by atoms with E-state index in [1.807, 2.05) is 6.08 Å². The van der Waals surface area contributed by atoms with Crippen LogP contribution < -0.4 is 0 Å². The maximum atomic E-state index is 11.9. The van der Waals surface area contributed by atoms with Crippen LogP contribution in [0.3, 0.4) is 0 Å². The van der Waals surface area contributed by atoms with E-state index in [1.54, 1.807) is 24.1 Å². The maximum Gasteiger partial charge on any atom is 0.335 e. The third-order valence-electron chi connectivity index (χ3n) is 2.88. The Labute approximate surface area is 113 Å². The number of carboxylic acids is 1. The van der Waals surface area contributed by atoms with Crippen LogP contribution in [-0.2, 0) is 11.2 Å². The lowest BCUT2D eigenvalue weighted by Crippen LogP contribution is -2.29. The normalized spacial score (nSPS) is 9.95. The van der Waals surface area contributed by atoms with Gasteiger partial charge in [0.1, 0.15) is 0 Å². The Hall–Kier alpha value is -2.10. The quantitative estimate of drug-likeness (QED) is 0.605. The van der Waals surface area contributed by atoms with Gasteiger partial charge in [-0.2, -0.15) is 0 Å². The van der Waals surface area contributed by atoms with E-state index in [2.05, 4.69) is 6.58 Å². The predicted octanol–water partition coefficient (Wildman–Crippen LogP) is 2.35. The van der Waals surface area contributed by atoms with Crippen LogP contribution in [0.2, 0.25) is 0 Å². The molecule has 0 fully saturated rings. The van der Waals surface area contributed by atoms with Gasteiger partial charge in [-0.15, -0.1) is 6.58 Å². The number of carboxylic acid groups (broad SMARTS) is 1. The Bertz CT molecular complexity index is 451. The highest BCUT2D eigenvalue weighted by atomic mass is 16.4. The average molecular weight is 261 g/mol. The number of aromatic carboxylic acids is 1. The van der Waals surface area contributed by atoms with Crippen molar-refractivity contribution in [3.8, 4) is 0 Å². The fourth-order valence-electron chi connectivity index (χ4n) is 1.67. The first kappa shape index (κ1) is 15.0. The van der Waals surface area contributed by atoms with Gasteiger partial charge in [-0.1, -0.05) is 18.2 Å². The van der Waals surface area contributed by atoms with Crippen molar-refractivity contribution in [1.29, 1.82) is 0 Å². The minimum Gasteiger partial charge on any atom is -0.478 e. The van der Waals surface area contributed by atoms with Crippen molar-refractivity contribution < 1.29 is 14.7 Å². The molecule has 4 nitrogen and oxygen atoms in total. The van der Waals surface area contributed by atoms with E-state index < -0.39 is 5.97 Å². The molecule has 0 radical (unpaired) electrons. The van der Waals surface area contributed by atoms with Crippen LogP contribution >= 0.6 is 0 Å².